The Labute approximate surface area is 229 Å². The molecule has 0 radical (unpaired) electrons. The summed E-state index contributed by atoms with van der Waals surface area (Å²) in [6.45, 7) is 5.09. The van der Waals surface area contributed by atoms with E-state index in [1.54, 1.807) is 23.0 Å². The van der Waals surface area contributed by atoms with Gasteiger partial charge in [0.1, 0.15) is 4.83 Å². The average molecular weight is 547 g/mol. The summed E-state index contributed by atoms with van der Waals surface area (Å²) in [6, 6.07) is 1.76. The molecule has 1 saturated heterocycles. The maximum Gasteiger partial charge on any atom is 0.260 e. The van der Waals surface area contributed by atoms with Crippen LogP contribution >= 0.6 is 11.3 Å². The lowest BCUT2D eigenvalue weighted by Crippen LogP contribution is -2.51. The molecule has 11 nitrogen and oxygen atoms in total. The van der Waals surface area contributed by atoms with Gasteiger partial charge in [-0.3, -0.25) is 24.2 Å². The number of nitrogens with one attached hydrogen (secondary N) is 2. The number of aryl methyl sites for hydroxylation is 1. The van der Waals surface area contributed by atoms with Gasteiger partial charge in [-0.05, 0) is 51.6 Å². The van der Waals surface area contributed by atoms with Crippen LogP contribution in [0, 0.1) is 6.92 Å². The predicted molar refractivity (Wildman–Crippen MR) is 147 cm³/mol. The first-order valence-electron chi connectivity index (χ1n) is 13.4. The van der Waals surface area contributed by atoms with E-state index in [9.17, 15) is 9.59 Å². The van der Waals surface area contributed by atoms with Crippen molar-refractivity contribution in [2.45, 2.75) is 57.7 Å². The molecule has 2 amide bonds. The molecule has 39 heavy (non-hydrogen) atoms. The Hall–Kier alpha value is -3.61. The van der Waals surface area contributed by atoms with E-state index in [4.69, 9.17) is 4.74 Å². The topological polar surface area (TPSA) is 119 Å². The highest BCUT2D eigenvalue weighted by Gasteiger charge is 2.45. The Kier molecular flexibility index (Phi) is 5.98. The van der Waals surface area contributed by atoms with Gasteiger partial charge in [0.15, 0.2) is 0 Å². The molecule has 12 heteroatoms. The number of nitrogens with zero attached hydrogens (tertiary/aromatic N) is 6. The Morgan fingerprint density at radius 3 is 2.82 bits per heavy atom. The number of aromatic nitrogens is 5. The molecule has 0 atom stereocenters. The lowest BCUT2D eigenvalue weighted by Gasteiger charge is -2.45. The molecule has 7 rings (SSSR count). The molecule has 1 aliphatic carbocycles. The lowest BCUT2D eigenvalue weighted by molar-refractivity contribution is -0.119. The molecule has 0 bridgehead atoms. The highest BCUT2D eigenvalue weighted by molar-refractivity contribution is 7.21. The number of likely N-dealkylation sites (tertiary alicyclic amines) is 1. The van der Waals surface area contributed by atoms with Gasteiger partial charge in [0.25, 0.3) is 5.91 Å². The second kappa shape index (κ2) is 9.54. The van der Waals surface area contributed by atoms with Crippen molar-refractivity contribution in [1.29, 1.82) is 0 Å². The summed E-state index contributed by atoms with van der Waals surface area (Å²) >= 11 is 1.49. The Balaban J connectivity index is 1.07. The standard InChI is InChI=1S/C27H30N8O3S/c1-17-21(10-18(11-28-17)31-24(36)15-33-7-3-6-27(33)4-2-5-27)32-25(37)20-13-30-35-14-23(39-26(20)35)19-12-29-34-8-9-38-16-22(19)34/h10-14H,2-9,15-16H2,1H3,(H,31,36)(H,32,37). The fourth-order valence-corrected chi connectivity index (χ4v) is 7.12. The number of ether oxygens (including phenoxy) is 1. The first-order valence-corrected chi connectivity index (χ1v) is 14.2. The summed E-state index contributed by atoms with van der Waals surface area (Å²) in [5.41, 5.74) is 4.52. The molecule has 2 fully saturated rings. The minimum absolute atomic E-state index is 0.0525. The third kappa shape index (κ3) is 4.32. The number of carbonyl (C=O) groups excluding carboxylic acids is 2. The van der Waals surface area contributed by atoms with Crippen molar-refractivity contribution in [3.05, 3.63) is 47.8 Å². The van der Waals surface area contributed by atoms with E-state index in [1.807, 2.05) is 24.0 Å². The first-order chi connectivity index (χ1) is 19.0. The third-order valence-corrected chi connectivity index (χ3v) is 9.47. The Morgan fingerprint density at radius 2 is 1.97 bits per heavy atom. The lowest BCUT2D eigenvalue weighted by atomic mass is 9.75. The summed E-state index contributed by atoms with van der Waals surface area (Å²) in [5, 5.41) is 14.8. The van der Waals surface area contributed by atoms with Crippen LogP contribution in [0.3, 0.4) is 0 Å². The van der Waals surface area contributed by atoms with Crippen molar-refractivity contribution >= 4 is 39.4 Å². The van der Waals surface area contributed by atoms with E-state index in [2.05, 4.69) is 30.7 Å². The number of thiazole rings is 1. The molecule has 202 valence electrons. The minimum Gasteiger partial charge on any atom is -0.373 e. The second-order valence-corrected chi connectivity index (χ2v) is 11.7. The van der Waals surface area contributed by atoms with Gasteiger partial charge in [0.2, 0.25) is 5.91 Å². The normalized spacial score (nSPS) is 18.3. The van der Waals surface area contributed by atoms with E-state index in [-0.39, 0.29) is 17.4 Å². The van der Waals surface area contributed by atoms with Gasteiger partial charge in [-0.25, -0.2) is 4.52 Å². The predicted octanol–water partition coefficient (Wildman–Crippen LogP) is 3.70. The quantitative estimate of drug-likeness (QED) is 0.379. The van der Waals surface area contributed by atoms with Crippen LogP contribution in [0.5, 0.6) is 0 Å². The number of rotatable bonds is 6. The maximum absolute atomic E-state index is 13.3. The second-order valence-electron chi connectivity index (χ2n) is 10.6. The Morgan fingerprint density at radius 1 is 1.10 bits per heavy atom. The van der Waals surface area contributed by atoms with E-state index >= 15 is 0 Å². The minimum atomic E-state index is -0.281. The molecule has 0 aromatic carbocycles. The molecule has 1 spiro atoms. The number of anilines is 2. The van der Waals surface area contributed by atoms with E-state index < -0.39 is 0 Å². The smallest absolute Gasteiger partial charge is 0.260 e. The van der Waals surface area contributed by atoms with Gasteiger partial charge in [-0.2, -0.15) is 10.2 Å². The van der Waals surface area contributed by atoms with Crippen LogP contribution in [0.1, 0.15) is 53.8 Å². The highest BCUT2D eigenvalue weighted by atomic mass is 32.1. The van der Waals surface area contributed by atoms with Gasteiger partial charge < -0.3 is 15.4 Å². The number of carbonyl (C=O) groups is 2. The molecule has 2 aliphatic heterocycles. The molecule has 1 saturated carbocycles. The SMILES string of the molecule is Cc1ncc(NC(=O)CN2CCCC23CCC3)cc1NC(=O)c1cnn2cc(-c3cnn4c3COCC4)sc12. The molecule has 4 aromatic rings. The molecule has 6 heterocycles. The zero-order chi connectivity index (χ0) is 26.6. The molecule has 0 unspecified atom stereocenters. The van der Waals surface area contributed by atoms with Gasteiger partial charge >= 0.3 is 0 Å². The van der Waals surface area contributed by atoms with Crippen molar-refractivity contribution in [2.75, 3.05) is 30.3 Å². The summed E-state index contributed by atoms with van der Waals surface area (Å²) in [7, 11) is 0. The third-order valence-electron chi connectivity index (χ3n) is 8.32. The summed E-state index contributed by atoms with van der Waals surface area (Å²) < 4.78 is 9.30. The van der Waals surface area contributed by atoms with Crippen LogP contribution in [0.4, 0.5) is 11.4 Å². The molecular weight excluding hydrogens is 516 g/mol. The van der Waals surface area contributed by atoms with Gasteiger partial charge in [0.05, 0.1) is 78.1 Å². The number of hydrogen-bond donors (Lipinski definition) is 2. The number of amides is 2. The number of fused-ring (bicyclic) bond motifs is 2. The van der Waals surface area contributed by atoms with Crippen molar-refractivity contribution in [1.82, 2.24) is 29.3 Å². The zero-order valence-electron chi connectivity index (χ0n) is 21.8. The van der Waals surface area contributed by atoms with Gasteiger partial charge in [-0.15, -0.1) is 11.3 Å². The van der Waals surface area contributed by atoms with Crippen molar-refractivity contribution in [3.8, 4) is 10.4 Å². The van der Waals surface area contributed by atoms with Gasteiger partial charge in [0, 0.05) is 17.3 Å². The van der Waals surface area contributed by atoms with Crippen LogP contribution in [-0.4, -0.2) is 66.3 Å². The Bertz CT molecular complexity index is 1580. The fraction of sp³-hybridized carbons (Fsp3) is 0.444. The van der Waals surface area contributed by atoms with Crippen molar-refractivity contribution in [2.24, 2.45) is 0 Å². The van der Waals surface area contributed by atoms with Crippen LogP contribution in [-0.2, 0) is 22.7 Å². The number of pyridine rings is 1. The highest BCUT2D eigenvalue weighted by Crippen LogP contribution is 2.45. The van der Waals surface area contributed by atoms with E-state index in [0.717, 1.165) is 40.5 Å². The number of hydrogen-bond acceptors (Lipinski definition) is 8. The summed E-state index contributed by atoms with van der Waals surface area (Å²) in [4.78, 5) is 34.6. The van der Waals surface area contributed by atoms with Crippen molar-refractivity contribution < 1.29 is 14.3 Å². The van der Waals surface area contributed by atoms with E-state index in [0.29, 0.717) is 42.4 Å². The molecule has 4 aromatic heterocycles. The van der Waals surface area contributed by atoms with Crippen LogP contribution in [0.2, 0.25) is 0 Å². The summed E-state index contributed by atoms with van der Waals surface area (Å²) in [6.07, 6.45) is 12.9. The molecular formula is C27H30N8O3S. The first kappa shape index (κ1) is 24.4. The van der Waals surface area contributed by atoms with Crippen LogP contribution < -0.4 is 10.6 Å². The van der Waals surface area contributed by atoms with Gasteiger partial charge in [-0.1, -0.05) is 0 Å². The zero-order valence-corrected chi connectivity index (χ0v) is 22.6. The molecule has 3 aliphatic rings. The van der Waals surface area contributed by atoms with Crippen LogP contribution in [0.25, 0.3) is 15.3 Å². The fourth-order valence-electron chi connectivity index (χ4n) is 6.03. The van der Waals surface area contributed by atoms with E-state index in [1.165, 1.54) is 37.0 Å². The average Bonchev–Trinajstić information content (AvgIpc) is 3.67. The monoisotopic (exact) mass is 546 g/mol. The maximum atomic E-state index is 13.3. The largest absolute Gasteiger partial charge is 0.373 e. The molecule has 2 N–H and O–H groups in total. The van der Waals surface area contributed by atoms with Crippen LogP contribution in [0.15, 0.2) is 30.9 Å². The van der Waals surface area contributed by atoms with Crippen molar-refractivity contribution in [3.63, 3.8) is 0 Å². The summed E-state index contributed by atoms with van der Waals surface area (Å²) in [5.74, 6) is -0.334.